The highest BCUT2D eigenvalue weighted by Crippen LogP contribution is 2.18. The molecule has 1 heterocycles. The van der Waals surface area contributed by atoms with Crippen molar-refractivity contribution in [2.24, 2.45) is 0 Å². The van der Waals surface area contributed by atoms with E-state index in [4.69, 9.17) is 4.74 Å². The third-order valence-electron chi connectivity index (χ3n) is 3.60. The molecule has 1 rings (SSSR count). The van der Waals surface area contributed by atoms with Crippen LogP contribution in [0.1, 0.15) is 53.4 Å². The van der Waals surface area contributed by atoms with Gasteiger partial charge in [0.1, 0.15) is 5.60 Å². The summed E-state index contributed by atoms with van der Waals surface area (Å²) in [6, 6.07) is 0.616. The van der Waals surface area contributed by atoms with Crippen LogP contribution in [0.4, 0.5) is 4.79 Å². The van der Waals surface area contributed by atoms with Gasteiger partial charge in [0.2, 0.25) is 0 Å². The molecule has 1 saturated heterocycles. The molecule has 0 radical (unpaired) electrons. The molecule has 4 heteroatoms. The number of hydrogen-bond donors (Lipinski definition) is 0. The van der Waals surface area contributed by atoms with Gasteiger partial charge in [0, 0.05) is 19.1 Å². The predicted octanol–water partition coefficient (Wildman–Crippen LogP) is 3.12. The van der Waals surface area contributed by atoms with Crippen LogP contribution in [0.2, 0.25) is 0 Å². The zero-order valence-electron chi connectivity index (χ0n) is 13.2. The number of unbranched alkanes of at least 4 members (excludes halogenated alkanes) is 1. The Morgan fingerprint density at radius 2 is 1.89 bits per heavy atom. The Bertz CT molecular complexity index is 278. The second-order valence-corrected chi connectivity index (χ2v) is 6.53. The number of hydrogen-bond acceptors (Lipinski definition) is 3. The molecular weight excluding hydrogens is 240 g/mol. The molecule has 0 spiro atoms. The first-order chi connectivity index (χ1) is 8.83. The third kappa shape index (κ3) is 5.81. The highest BCUT2D eigenvalue weighted by atomic mass is 16.6. The van der Waals surface area contributed by atoms with Crippen molar-refractivity contribution in [1.82, 2.24) is 9.80 Å². The summed E-state index contributed by atoms with van der Waals surface area (Å²) in [5, 5.41) is 0. The van der Waals surface area contributed by atoms with Crippen molar-refractivity contribution in [1.29, 1.82) is 0 Å². The van der Waals surface area contributed by atoms with E-state index in [1.165, 1.54) is 12.8 Å². The number of carbonyl (C=O) groups excluding carboxylic acids is 1. The maximum atomic E-state index is 12.0. The molecule has 112 valence electrons. The summed E-state index contributed by atoms with van der Waals surface area (Å²) >= 11 is 0. The molecule has 1 aliphatic rings. The van der Waals surface area contributed by atoms with Gasteiger partial charge in [0.15, 0.2) is 0 Å². The average molecular weight is 270 g/mol. The van der Waals surface area contributed by atoms with Crippen LogP contribution in [0.5, 0.6) is 0 Å². The Morgan fingerprint density at radius 3 is 2.37 bits per heavy atom. The van der Waals surface area contributed by atoms with Gasteiger partial charge in [-0.1, -0.05) is 13.3 Å². The van der Waals surface area contributed by atoms with Crippen molar-refractivity contribution in [3.8, 4) is 0 Å². The lowest BCUT2D eigenvalue weighted by Gasteiger charge is -2.37. The van der Waals surface area contributed by atoms with E-state index in [1.807, 2.05) is 25.7 Å². The van der Waals surface area contributed by atoms with E-state index >= 15 is 0 Å². The van der Waals surface area contributed by atoms with E-state index in [0.29, 0.717) is 6.04 Å². The van der Waals surface area contributed by atoms with E-state index < -0.39 is 5.60 Å². The highest BCUT2D eigenvalue weighted by molar-refractivity contribution is 5.68. The lowest BCUT2D eigenvalue weighted by molar-refractivity contribution is 0.0156. The minimum Gasteiger partial charge on any atom is -0.444 e. The summed E-state index contributed by atoms with van der Waals surface area (Å²) in [5.41, 5.74) is -0.397. The second-order valence-electron chi connectivity index (χ2n) is 6.53. The van der Waals surface area contributed by atoms with Crippen LogP contribution < -0.4 is 0 Å². The number of ether oxygens (including phenoxy) is 1. The molecule has 0 bridgehead atoms. The van der Waals surface area contributed by atoms with E-state index in [-0.39, 0.29) is 6.09 Å². The van der Waals surface area contributed by atoms with Crippen LogP contribution in [0, 0.1) is 0 Å². The minimum absolute atomic E-state index is 0.165. The molecule has 1 amide bonds. The quantitative estimate of drug-likeness (QED) is 0.787. The zero-order valence-corrected chi connectivity index (χ0v) is 13.2. The van der Waals surface area contributed by atoms with Crippen LogP contribution in [0.3, 0.4) is 0 Å². The number of rotatable bonds is 4. The zero-order chi connectivity index (χ0) is 14.5. The van der Waals surface area contributed by atoms with Gasteiger partial charge in [-0.05, 0) is 53.6 Å². The van der Waals surface area contributed by atoms with Crippen LogP contribution in [-0.2, 0) is 4.74 Å². The first-order valence-electron chi connectivity index (χ1n) is 7.51. The fourth-order valence-corrected chi connectivity index (χ4v) is 2.41. The van der Waals surface area contributed by atoms with Gasteiger partial charge in [-0.2, -0.15) is 0 Å². The average Bonchev–Trinajstić information content (AvgIpc) is 2.34. The van der Waals surface area contributed by atoms with Gasteiger partial charge in [-0.25, -0.2) is 4.79 Å². The fourth-order valence-electron chi connectivity index (χ4n) is 2.41. The maximum Gasteiger partial charge on any atom is 0.410 e. The van der Waals surface area contributed by atoms with E-state index in [2.05, 4.69) is 18.9 Å². The molecule has 4 nitrogen and oxygen atoms in total. The Balaban J connectivity index is 2.34. The minimum atomic E-state index is -0.397. The van der Waals surface area contributed by atoms with Gasteiger partial charge in [0.25, 0.3) is 0 Å². The monoisotopic (exact) mass is 270 g/mol. The standard InChI is InChI=1S/C15H30N2O2/c1-6-7-10-16(5)13-8-11-17(12-9-13)14(18)19-15(2,3)4/h13H,6-12H2,1-5H3. The van der Waals surface area contributed by atoms with Gasteiger partial charge in [-0.15, -0.1) is 0 Å². The summed E-state index contributed by atoms with van der Waals surface area (Å²) in [4.78, 5) is 16.2. The number of piperidine rings is 1. The molecule has 0 aromatic heterocycles. The van der Waals surface area contributed by atoms with Crippen LogP contribution in [0.15, 0.2) is 0 Å². The lowest BCUT2D eigenvalue weighted by atomic mass is 10.0. The molecular formula is C15H30N2O2. The Morgan fingerprint density at radius 1 is 1.32 bits per heavy atom. The normalized spacial score (nSPS) is 17.9. The molecule has 0 atom stereocenters. The first kappa shape index (κ1) is 16.3. The summed E-state index contributed by atoms with van der Waals surface area (Å²) < 4.78 is 5.41. The summed E-state index contributed by atoms with van der Waals surface area (Å²) in [5.74, 6) is 0. The predicted molar refractivity (Wildman–Crippen MR) is 78.4 cm³/mol. The van der Waals surface area contributed by atoms with Gasteiger partial charge in [-0.3, -0.25) is 0 Å². The van der Waals surface area contributed by atoms with Gasteiger partial charge in [0.05, 0.1) is 0 Å². The van der Waals surface area contributed by atoms with Crippen LogP contribution in [0.25, 0.3) is 0 Å². The summed E-state index contributed by atoms with van der Waals surface area (Å²) in [6.45, 7) is 10.8. The number of amides is 1. The fraction of sp³-hybridized carbons (Fsp3) is 0.933. The van der Waals surface area contributed by atoms with Crippen LogP contribution in [-0.4, -0.2) is 54.2 Å². The SMILES string of the molecule is CCCCN(C)C1CCN(C(=O)OC(C)(C)C)CC1. The Kier molecular flexibility index (Phi) is 6.11. The van der Waals surface area contributed by atoms with Gasteiger partial charge >= 0.3 is 6.09 Å². The van der Waals surface area contributed by atoms with E-state index in [9.17, 15) is 4.79 Å². The third-order valence-corrected chi connectivity index (χ3v) is 3.60. The molecule has 0 aromatic rings. The van der Waals surface area contributed by atoms with Crippen molar-refractivity contribution < 1.29 is 9.53 Å². The van der Waals surface area contributed by atoms with E-state index in [0.717, 1.165) is 32.5 Å². The van der Waals surface area contributed by atoms with E-state index in [1.54, 1.807) is 0 Å². The maximum absolute atomic E-state index is 12.0. The number of likely N-dealkylation sites (tertiary alicyclic amines) is 1. The first-order valence-corrected chi connectivity index (χ1v) is 7.51. The smallest absolute Gasteiger partial charge is 0.410 e. The number of carbonyl (C=O) groups is 1. The van der Waals surface area contributed by atoms with Crippen LogP contribution >= 0.6 is 0 Å². The molecule has 0 aromatic carbocycles. The molecule has 19 heavy (non-hydrogen) atoms. The Labute approximate surface area is 118 Å². The summed E-state index contributed by atoms with van der Waals surface area (Å²) in [7, 11) is 2.20. The second kappa shape index (κ2) is 7.13. The molecule has 0 aliphatic carbocycles. The van der Waals surface area contributed by atoms with Crippen molar-refractivity contribution in [3.05, 3.63) is 0 Å². The van der Waals surface area contributed by atoms with Crippen molar-refractivity contribution in [2.45, 2.75) is 65.0 Å². The van der Waals surface area contributed by atoms with Gasteiger partial charge < -0.3 is 14.5 Å². The number of nitrogens with zero attached hydrogens (tertiary/aromatic N) is 2. The molecule has 1 fully saturated rings. The molecule has 0 N–H and O–H groups in total. The lowest BCUT2D eigenvalue weighted by Crippen LogP contribution is -2.47. The van der Waals surface area contributed by atoms with Crippen molar-refractivity contribution >= 4 is 6.09 Å². The summed E-state index contributed by atoms with van der Waals surface area (Å²) in [6.07, 6.45) is 4.44. The highest BCUT2D eigenvalue weighted by Gasteiger charge is 2.28. The topological polar surface area (TPSA) is 32.8 Å². The Hall–Kier alpha value is -0.770. The van der Waals surface area contributed by atoms with Crippen molar-refractivity contribution in [2.75, 3.05) is 26.7 Å². The molecule has 0 unspecified atom stereocenters. The molecule has 0 saturated carbocycles. The molecule has 1 aliphatic heterocycles. The largest absolute Gasteiger partial charge is 0.444 e. The van der Waals surface area contributed by atoms with Crippen molar-refractivity contribution in [3.63, 3.8) is 0 Å².